The minimum Gasteiger partial charge on any atom is -0.467 e. The van der Waals surface area contributed by atoms with Crippen LogP contribution in [-0.4, -0.2) is 47.1 Å². The summed E-state index contributed by atoms with van der Waals surface area (Å²) in [4.78, 5) is 26.2. The van der Waals surface area contributed by atoms with E-state index in [-0.39, 0.29) is 6.03 Å². The Morgan fingerprint density at radius 3 is 2.88 bits per heavy atom. The van der Waals surface area contributed by atoms with E-state index in [4.69, 9.17) is 4.42 Å². The molecule has 4 rings (SSSR count). The van der Waals surface area contributed by atoms with Gasteiger partial charge in [0.25, 0.3) is 0 Å². The highest BCUT2D eigenvalue weighted by Crippen LogP contribution is 2.27. The molecule has 3 aromatic heterocycles. The number of hydrogen-bond donors (Lipinski definition) is 1. The van der Waals surface area contributed by atoms with E-state index in [1.165, 1.54) is 0 Å². The minimum absolute atomic E-state index is 0.0583. The van der Waals surface area contributed by atoms with Gasteiger partial charge in [-0.05, 0) is 24.3 Å². The third kappa shape index (κ3) is 3.05. The van der Waals surface area contributed by atoms with Crippen molar-refractivity contribution in [3.05, 3.63) is 42.5 Å². The van der Waals surface area contributed by atoms with Gasteiger partial charge in [0, 0.05) is 32.4 Å². The van der Waals surface area contributed by atoms with Crippen molar-refractivity contribution in [3.63, 3.8) is 0 Å². The number of fused-ring (bicyclic) bond motifs is 1. The molecule has 0 aliphatic carbocycles. The SMILES string of the molecule is O=C(NCc1ccco1)N1CCN(c2nc3cccnc3s2)CC1. The third-order valence-corrected chi connectivity index (χ3v) is 5.03. The van der Waals surface area contributed by atoms with E-state index in [1.807, 2.05) is 29.2 Å². The summed E-state index contributed by atoms with van der Waals surface area (Å²) in [6.07, 6.45) is 3.39. The quantitative estimate of drug-likeness (QED) is 0.790. The maximum Gasteiger partial charge on any atom is 0.317 e. The van der Waals surface area contributed by atoms with Crippen LogP contribution in [0.25, 0.3) is 10.3 Å². The van der Waals surface area contributed by atoms with Crippen molar-refractivity contribution in [3.8, 4) is 0 Å². The van der Waals surface area contributed by atoms with E-state index in [0.29, 0.717) is 19.6 Å². The van der Waals surface area contributed by atoms with Crippen LogP contribution in [0.5, 0.6) is 0 Å². The molecule has 0 unspecified atom stereocenters. The molecule has 7 nitrogen and oxygen atoms in total. The van der Waals surface area contributed by atoms with E-state index in [2.05, 4.69) is 20.2 Å². The van der Waals surface area contributed by atoms with Crippen molar-refractivity contribution < 1.29 is 9.21 Å². The molecule has 8 heteroatoms. The smallest absolute Gasteiger partial charge is 0.317 e. The number of piperazine rings is 1. The first-order valence-corrected chi connectivity index (χ1v) is 8.63. The number of amides is 2. The molecular weight excluding hydrogens is 326 g/mol. The standard InChI is InChI=1S/C16H17N5O2S/c22-15(18-11-12-3-2-10-23-12)20-6-8-21(9-7-20)16-19-13-4-1-5-17-14(13)24-16/h1-5,10H,6-9,11H2,(H,18,22). The van der Waals surface area contributed by atoms with Gasteiger partial charge in [0.2, 0.25) is 0 Å². The lowest BCUT2D eigenvalue weighted by Gasteiger charge is -2.34. The molecule has 1 aliphatic heterocycles. The maximum absolute atomic E-state index is 12.2. The minimum atomic E-state index is -0.0583. The number of anilines is 1. The summed E-state index contributed by atoms with van der Waals surface area (Å²) in [5, 5.41) is 3.85. The number of aromatic nitrogens is 2. The summed E-state index contributed by atoms with van der Waals surface area (Å²) in [5.41, 5.74) is 0.927. The predicted octanol–water partition coefficient (Wildman–Crippen LogP) is 2.32. The van der Waals surface area contributed by atoms with Crippen molar-refractivity contribution in [1.82, 2.24) is 20.2 Å². The number of thiazole rings is 1. The van der Waals surface area contributed by atoms with E-state index in [1.54, 1.807) is 23.8 Å². The largest absolute Gasteiger partial charge is 0.467 e. The van der Waals surface area contributed by atoms with Gasteiger partial charge in [-0.1, -0.05) is 11.3 Å². The van der Waals surface area contributed by atoms with Crippen molar-refractivity contribution >= 4 is 32.8 Å². The number of furan rings is 1. The first-order chi connectivity index (χ1) is 11.8. The Kier molecular flexibility index (Phi) is 4.04. The molecule has 124 valence electrons. The van der Waals surface area contributed by atoms with Crippen molar-refractivity contribution in [2.45, 2.75) is 6.54 Å². The fourth-order valence-corrected chi connectivity index (χ4v) is 3.64. The topological polar surface area (TPSA) is 74.5 Å². The Bertz CT molecular complexity index is 791. The number of pyridine rings is 1. The molecular formula is C16H17N5O2S. The number of nitrogens with zero attached hydrogens (tertiary/aromatic N) is 4. The molecule has 1 fully saturated rings. The lowest BCUT2D eigenvalue weighted by atomic mass is 10.3. The summed E-state index contributed by atoms with van der Waals surface area (Å²) < 4.78 is 5.22. The fourth-order valence-electron chi connectivity index (χ4n) is 2.68. The Morgan fingerprint density at radius 1 is 1.25 bits per heavy atom. The molecule has 0 atom stereocenters. The van der Waals surface area contributed by atoms with Crippen molar-refractivity contribution in [2.24, 2.45) is 0 Å². The maximum atomic E-state index is 12.2. The summed E-state index contributed by atoms with van der Waals surface area (Å²) in [7, 11) is 0. The van der Waals surface area contributed by atoms with Gasteiger partial charge >= 0.3 is 6.03 Å². The van der Waals surface area contributed by atoms with Gasteiger partial charge in [0.1, 0.15) is 16.1 Å². The Balaban J connectivity index is 1.33. The molecule has 0 radical (unpaired) electrons. The summed E-state index contributed by atoms with van der Waals surface area (Å²) >= 11 is 1.59. The van der Waals surface area contributed by atoms with E-state index < -0.39 is 0 Å². The average molecular weight is 343 g/mol. The molecule has 0 bridgehead atoms. The number of carbonyl (C=O) groups excluding carboxylic acids is 1. The Hall–Kier alpha value is -2.61. The van der Waals surface area contributed by atoms with Gasteiger partial charge in [-0.3, -0.25) is 0 Å². The Labute approximate surface area is 142 Å². The monoisotopic (exact) mass is 343 g/mol. The molecule has 1 N–H and O–H groups in total. The van der Waals surface area contributed by atoms with Crippen LogP contribution >= 0.6 is 11.3 Å². The molecule has 0 spiro atoms. The van der Waals surface area contributed by atoms with Crippen LogP contribution in [0.2, 0.25) is 0 Å². The second kappa shape index (κ2) is 6.48. The molecule has 0 aromatic carbocycles. The first-order valence-electron chi connectivity index (χ1n) is 7.81. The van der Waals surface area contributed by atoms with E-state index in [9.17, 15) is 4.79 Å². The molecule has 1 aliphatic rings. The van der Waals surface area contributed by atoms with Crippen molar-refractivity contribution in [1.29, 1.82) is 0 Å². The number of nitrogens with one attached hydrogen (secondary N) is 1. The molecule has 24 heavy (non-hydrogen) atoms. The summed E-state index contributed by atoms with van der Waals surface area (Å²) in [5.74, 6) is 0.754. The fraction of sp³-hybridized carbons (Fsp3) is 0.312. The van der Waals surface area contributed by atoms with Gasteiger partial charge < -0.3 is 19.5 Å². The normalized spacial score (nSPS) is 15.0. The number of rotatable bonds is 3. The molecule has 0 saturated carbocycles. The second-order valence-corrected chi connectivity index (χ2v) is 6.49. The number of urea groups is 1. The van der Waals surface area contributed by atoms with Crippen LogP contribution in [0.4, 0.5) is 9.93 Å². The molecule has 4 heterocycles. The number of carbonyl (C=O) groups is 1. The lowest BCUT2D eigenvalue weighted by molar-refractivity contribution is 0.193. The zero-order valence-electron chi connectivity index (χ0n) is 13.0. The van der Waals surface area contributed by atoms with Gasteiger partial charge in [-0.15, -0.1) is 0 Å². The van der Waals surface area contributed by atoms with Crippen molar-refractivity contribution in [2.75, 3.05) is 31.1 Å². The first kappa shape index (κ1) is 14.9. The van der Waals surface area contributed by atoms with Gasteiger partial charge in [0.05, 0.1) is 12.8 Å². The highest BCUT2D eigenvalue weighted by molar-refractivity contribution is 7.21. The highest BCUT2D eigenvalue weighted by Gasteiger charge is 2.23. The van der Waals surface area contributed by atoms with Crippen LogP contribution in [0, 0.1) is 0 Å². The molecule has 3 aromatic rings. The van der Waals surface area contributed by atoms with E-state index >= 15 is 0 Å². The number of hydrogen-bond acceptors (Lipinski definition) is 6. The van der Waals surface area contributed by atoms with Gasteiger partial charge in [-0.25, -0.2) is 14.8 Å². The van der Waals surface area contributed by atoms with Gasteiger partial charge in [-0.2, -0.15) is 0 Å². The van der Waals surface area contributed by atoms with Crippen LogP contribution in [0.1, 0.15) is 5.76 Å². The van der Waals surface area contributed by atoms with Crippen LogP contribution in [0.15, 0.2) is 41.1 Å². The van der Waals surface area contributed by atoms with Gasteiger partial charge in [0.15, 0.2) is 5.13 Å². The molecule has 1 saturated heterocycles. The Morgan fingerprint density at radius 2 is 2.12 bits per heavy atom. The van der Waals surface area contributed by atoms with E-state index in [0.717, 1.165) is 34.3 Å². The van der Waals surface area contributed by atoms with Crippen LogP contribution < -0.4 is 10.2 Å². The lowest BCUT2D eigenvalue weighted by Crippen LogP contribution is -2.51. The summed E-state index contributed by atoms with van der Waals surface area (Å²) in [6, 6.07) is 7.47. The van der Waals surface area contributed by atoms with Crippen LogP contribution in [-0.2, 0) is 6.54 Å². The predicted molar refractivity (Wildman–Crippen MR) is 92.1 cm³/mol. The average Bonchev–Trinajstić information content (AvgIpc) is 3.29. The second-order valence-electron chi connectivity index (χ2n) is 5.54. The molecule has 2 amide bonds. The third-order valence-electron chi connectivity index (χ3n) is 3.99. The zero-order valence-corrected chi connectivity index (χ0v) is 13.8. The summed E-state index contributed by atoms with van der Waals surface area (Å²) in [6.45, 7) is 3.30. The highest BCUT2D eigenvalue weighted by atomic mass is 32.1. The van der Waals surface area contributed by atoms with Crippen LogP contribution in [0.3, 0.4) is 0 Å². The zero-order chi connectivity index (χ0) is 16.4.